The third kappa shape index (κ3) is 3.71. The average molecular weight is 303 g/mol. The fourth-order valence-corrected chi connectivity index (χ4v) is 4.00. The second-order valence-corrected chi connectivity index (χ2v) is 8.26. The summed E-state index contributed by atoms with van der Waals surface area (Å²) in [5.41, 5.74) is 6.03. The van der Waals surface area contributed by atoms with Crippen LogP contribution in [-0.4, -0.2) is 62.0 Å². The van der Waals surface area contributed by atoms with Crippen molar-refractivity contribution >= 4 is 15.9 Å². The van der Waals surface area contributed by atoms with E-state index in [4.69, 9.17) is 5.73 Å². The lowest BCUT2D eigenvalue weighted by atomic mass is 9.91. The predicted molar refractivity (Wildman–Crippen MR) is 77.5 cm³/mol. The molecule has 0 spiro atoms. The van der Waals surface area contributed by atoms with E-state index in [9.17, 15) is 13.2 Å². The third-order valence-electron chi connectivity index (χ3n) is 4.44. The Kier molecular flexibility index (Phi) is 4.71. The second-order valence-electron chi connectivity index (χ2n) is 6.27. The Labute approximate surface area is 121 Å². The molecule has 2 N–H and O–H groups in total. The molecule has 0 saturated carbocycles. The maximum atomic E-state index is 12.0. The minimum Gasteiger partial charge on any atom is -0.341 e. The summed E-state index contributed by atoms with van der Waals surface area (Å²) in [6.07, 6.45) is 3.59. The van der Waals surface area contributed by atoms with Crippen molar-refractivity contribution in [1.82, 2.24) is 9.21 Å². The minimum atomic E-state index is -3.13. The summed E-state index contributed by atoms with van der Waals surface area (Å²) in [6, 6.07) is 0.0299. The van der Waals surface area contributed by atoms with Crippen molar-refractivity contribution < 1.29 is 13.2 Å². The number of rotatable bonds is 3. The van der Waals surface area contributed by atoms with Gasteiger partial charge in [-0.05, 0) is 24.7 Å². The highest BCUT2D eigenvalue weighted by Gasteiger charge is 2.32. The first kappa shape index (κ1) is 15.7. The molecule has 0 radical (unpaired) electrons. The van der Waals surface area contributed by atoms with Gasteiger partial charge in [0.1, 0.15) is 0 Å². The molecule has 7 heteroatoms. The molecule has 3 unspecified atom stereocenters. The Morgan fingerprint density at radius 3 is 2.70 bits per heavy atom. The van der Waals surface area contributed by atoms with Crippen LogP contribution in [0.4, 0.5) is 0 Å². The van der Waals surface area contributed by atoms with Gasteiger partial charge in [0.2, 0.25) is 15.9 Å². The van der Waals surface area contributed by atoms with E-state index < -0.39 is 10.0 Å². The SMILES string of the molecule is CC1CC(=O)N(CC2CCCN(S(C)(=O)=O)C2)CC1N. The molecular weight excluding hydrogens is 278 g/mol. The summed E-state index contributed by atoms with van der Waals surface area (Å²) in [7, 11) is -3.13. The van der Waals surface area contributed by atoms with Crippen molar-refractivity contribution in [2.45, 2.75) is 32.2 Å². The second kappa shape index (κ2) is 5.99. The van der Waals surface area contributed by atoms with E-state index in [1.54, 1.807) is 0 Å². The van der Waals surface area contributed by atoms with Crippen LogP contribution < -0.4 is 5.73 Å². The van der Waals surface area contributed by atoms with Gasteiger partial charge in [-0.1, -0.05) is 6.92 Å². The normalized spacial score (nSPS) is 33.5. The third-order valence-corrected chi connectivity index (χ3v) is 5.71. The summed E-state index contributed by atoms with van der Waals surface area (Å²) in [5.74, 6) is 0.608. The van der Waals surface area contributed by atoms with Crippen molar-refractivity contribution in [2.24, 2.45) is 17.6 Å². The first-order valence-corrected chi connectivity index (χ1v) is 9.10. The van der Waals surface area contributed by atoms with Gasteiger partial charge < -0.3 is 10.6 Å². The summed E-state index contributed by atoms with van der Waals surface area (Å²) >= 11 is 0. The highest BCUT2D eigenvalue weighted by Crippen LogP contribution is 2.23. The van der Waals surface area contributed by atoms with Crippen LogP contribution in [0.2, 0.25) is 0 Å². The number of hydrogen-bond donors (Lipinski definition) is 1. The molecule has 2 rings (SSSR count). The molecule has 2 saturated heterocycles. The number of amides is 1. The molecule has 20 heavy (non-hydrogen) atoms. The van der Waals surface area contributed by atoms with Crippen LogP contribution in [0.1, 0.15) is 26.2 Å². The van der Waals surface area contributed by atoms with Crippen molar-refractivity contribution in [2.75, 3.05) is 32.4 Å². The van der Waals surface area contributed by atoms with Gasteiger partial charge >= 0.3 is 0 Å². The van der Waals surface area contributed by atoms with Gasteiger partial charge in [0.25, 0.3) is 0 Å². The topological polar surface area (TPSA) is 83.7 Å². The van der Waals surface area contributed by atoms with Crippen LogP contribution in [-0.2, 0) is 14.8 Å². The van der Waals surface area contributed by atoms with Gasteiger partial charge in [-0.2, -0.15) is 0 Å². The molecule has 0 aromatic rings. The number of likely N-dealkylation sites (tertiary alicyclic amines) is 1. The molecule has 0 aliphatic carbocycles. The fraction of sp³-hybridized carbons (Fsp3) is 0.923. The molecule has 2 heterocycles. The van der Waals surface area contributed by atoms with Crippen LogP contribution in [0, 0.1) is 11.8 Å². The van der Waals surface area contributed by atoms with Gasteiger partial charge in [-0.25, -0.2) is 12.7 Å². The average Bonchev–Trinajstić information content (AvgIpc) is 2.35. The number of carbonyl (C=O) groups excluding carboxylic acids is 1. The Bertz CT molecular complexity index is 465. The predicted octanol–water partition coefficient (Wildman–Crippen LogP) is -0.146. The number of carbonyl (C=O) groups is 1. The number of nitrogens with zero attached hydrogens (tertiary/aromatic N) is 2. The Morgan fingerprint density at radius 1 is 1.35 bits per heavy atom. The van der Waals surface area contributed by atoms with E-state index >= 15 is 0 Å². The Hall–Kier alpha value is -0.660. The van der Waals surface area contributed by atoms with Crippen molar-refractivity contribution in [3.05, 3.63) is 0 Å². The fourth-order valence-electron chi connectivity index (χ4n) is 3.06. The number of piperidine rings is 2. The summed E-state index contributed by atoms with van der Waals surface area (Å²) < 4.78 is 24.7. The monoisotopic (exact) mass is 303 g/mol. The van der Waals surface area contributed by atoms with Gasteiger partial charge in [-0.15, -0.1) is 0 Å². The zero-order valence-corrected chi connectivity index (χ0v) is 13.1. The maximum absolute atomic E-state index is 12.0. The minimum absolute atomic E-state index is 0.0299. The van der Waals surface area contributed by atoms with Gasteiger partial charge in [0.15, 0.2) is 0 Å². The molecule has 0 bridgehead atoms. The lowest BCUT2D eigenvalue weighted by Crippen LogP contribution is -2.53. The van der Waals surface area contributed by atoms with E-state index in [1.807, 2.05) is 11.8 Å². The lowest BCUT2D eigenvalue weighted by Gasteiger charge is -2.39. The van der Waals surface area contributed by atoms with E-state index in [2.05, 4.69) is 0 Å². The number of sulfonamides is 1. The van der Waals surface area contributed by atoms with Gasteiger partial charge in [0.05, 0.1) is 6.26 Å². The van der Waals surface area contributed by atoms with Crippen molar-refractivity contribution in [3.8, 4) is 0 Å². The molecule has 116 valence electrons. The zero-order chi connectivity index (χ0) is 14.9. The van der Waals surface area contributed by atoms with Crippen molar-refractivity contribution in [3.63, 3.8) is 0 Å². The highest BCUT2D eigenvalue weighted by atomic mass is 32.2. The highest BCUT2D eigenvalue weighted by molar-refractivity contribution is 7.88. The molecule has 2 aliphatic rings. The quantitative estimate of drug-likeness (QED) is 0.786. The molecular formula is C13H25N3O3S. The van der Waals surface area contributed by atoms with E-state index in [0.717, 1.165) is 12.8 Å². The molecule has 0 aromatic heterocycles. The van der Waals surface area contributed by atoms with Gasteiger partial charge in [-0.3, -0.25) is 4.79 Å². The molecule has 6 nitrogen and oxygen atoms in total. The van der Waals surface area contributed by atoms with Gasteiger partial charge in [0, 0.05) is 38.6 Å². The number of hydrogen-bond acceptors (Lipinski definition) is 4. The van der Waals surface area contributed by atoms with Crippen molar-refractivity contribution in [1.29, 1.82) is 0 Å². The Morgan fingerprint density at radius 2 is 2.05 bits per heavy atom. The smallest absolute Gasteiger partial charge is 0.222 e. The number of nitrogens with two attached hydrogens (primary N) is 1. The maximum Gasteiger partial charge on any atom is 0.222 e. The molecule has 2 aliphatic heterocycles. The first-order valence-electron chi connectivity index (χ1n) is 7.26. The summed E-state index contributed by atoms with van der Waals surface area (Å²) in [5, 5.41) is 0. The largest absolute Gasteiger partial charge is 0.341 e. The molecule has 0 aromatic carbocycles. The van der Waals surface area contributed by atoms with Crippen LogP contribution in [0.5, 0.6) is 0 Å². The standard InChI is InChI=1S/C13H25N3O3S/c1-10-6-13(17)15(9-12(10)14)7-11-4-3-5-16(8-11)20(2,18)19/h10-12H,3-9,14H2,1-2H3. The van der Waals surface area contributed by atoms with Crippen LogP contribution in [0.25, 0.3) is 0 Å². The van der Waals surface area contributed by atoms with E-state index in [0.29, 0.717) is 32.6 Å². The lowest BCUT2D eigenvalue weighted by molar-refractivity contribution is -0.136. The summed E-state index contributed by atoms with van der Waals surface area (Å²) in [6.45, 7) is 4.35. The first-order chi connectivity index (χ1) is 9.27. The van der Waals surface area contributed by atoms with Crippen LogP contribution in [0.15, 0.2) is 0 Å². The van der Waals surface area contributed by atoms with Crippen LogP contribution >= 0.6 is 0 Å². The van der Waals surface area contributed by atoms with E-state index in [1.165, 1.54) is 10.6 Å². The molecule has 3 atom stereocenters. The molecule has 1 amide bonds. The van der Waals surface area contributed by atoms with E-state index in [-0.39, 0.29) is 23.8 Å². The van der Waals surface area contributed by atoms with Crippen LogP contribution in [0.3, 0.4) is 0 Å². The Balaban J connectivity index is 1.94. The summed E-state index contributed by atoms with van der Waals surface area (Å²) in [4.78, 5) is 13.9. The molecule has 2 fully saturated rings. The zero-order valence-electron chi connectivity index (χ0n) is 12.3.